The number of aliphatic hydroxyl groups excluding tert-OH is 1. The third-order valence-corrected chi connectivity index (χ3v) is 2.42. The van der Waals surface area contributed by atoms with E-state index in [9.17, 15) is 15.0 Å². The van der Waals surface area contributed by atoms with Crippen LogP contribution < -0.4 is 0 Å². The van der Waals surface area contributed by atoms with E-state index in [2.05, 4.69) is 0 Å². The number of benzene rings is 1. The van der Waals surface area contributed by atoms with E-state index in [4.69, 9.17) is 0 Å². The lowest BCUT2D eigenvalue weighted by Gasteiger charge is -2.18. The number of Topliss-reactive ketones (excluding diaryl/α,β-unsaturated/α-hetero) is 1. The van der Waals surface area contributed by atoms with Gasteiger partial charge in [-0.3, -0.25) is 4.79 Å². The molecule has 0 aliphatic heterocycles. The number of hydrogen-bond donors (Lipinski definition) is 2. The number of aliphatic hydroxyl groups is 2. The van der Waals surface area contributed by atoms with E-state index in [0.717, 1.165) is 5.56 Å². The van der Waals surface area contributed by atoms with Crippen molar-refractivity contribution < 1.29 is 15.0 Å². The largest absolute Gasteiger partial charge is 0.392 e. The Morgan fingerprint density at radius 2 is 1.88 bits per heavy atom. The van der Waals surface area contributed by atoms with E-state index in [1.165, 1.54) is 13.8 Å². The van der Waals surface area contributed by atoms with E-state index < -0.39 is 11.7 Å². The van der Waals surface area contributed by atoms with Gasteiger partial charge in [-0.1, -0.05) is 30.3 Å². The van der Waals surface area contributed by atoms with Crippen LogP contribution in [0.3, 0.4) is 0 Å². The minimum atomic E-state index is -1.36. The summed E-state index contributed by atoms with van der Waals surface area (Å²) in [7, 11) is 0. The lowest BCUT2D eigenvalue weighted by molar-refractivity contribution is -0.136. The molecule has 0 aliphatic rings. The van der Waals surface area contributed by atoms with Crippen LogP contribution in [0, 0.1) is 0 Å². The lowest BCUT2D eigenvalue weighted by atomic mass is 9.96. The number of rotatable bonds is 5. The molecule has 1 unspecified atom stereocenters. The smallest absolute Gasteiger partial charge is 0.166 e. The second-order valence-electron chi connectivity index (χ2n) is 4.53. The summed E-state index contributed by atoms with van der Waals surface area (Å²) in [6, 6.07) is 9.48. The van der Waals surface area contributed by atoms with Crippen molar-refractivity contribution in [2.75, 3.05) is 0 Å². The zero-order valence-electron chi connectivity index (χ0n) is 9.68. The van der Waals surface area contributed by atoms with Gasteiger partial charge in [-0.25, -0.2) is 0 Å². The molecule has 1 atom stereocenters. The molecule has 0 bridgehead atoms. The Morgan fingerprint density at radius 1 is 1.31 bits per heavy atom. The maximum atomic E-state index is 11.5. The molecule has 0 amide bonds. The second-order valence-corrected chi connectivity index (χ2v) is 4.53. The number of ketones is 1. The Bertz CT molecular complexity index is 338. The van der Waals surface area contributed by atoms with Crippen molar-refractivity contribution in [1.82, 2.24) is 0 Å². The van der Waals surface area contributed by atoms with Gasteiger partial charge < -0.3 is 10.2 Å². The van der Waals surface area contributed by atoms with Crippen molar-refractivity contribution >= 4 is 5.78 Å². The first-order valence-electron chi connectivity index (χ1n) is 5.37. The molecule has 16 heavy (non-hydrogen) atoms. The highest BCUT2D eigenvalue weighted by atomic mass is 16.3. The number of carbonyl (C=O) groups excluding carboxylic acids is 1. The van der Waals surface area contributed by atoms with Crippen LogP contribution in [0.4, 0.5) is 0 Å². The molecule has 88 valence electrons. The maximum Gasteiger partial charge on any atom is 0.166 e. The second kappa shape index (κ2) is 5.23. The summed E-state index contributed by atoms with van der Waals surface area (Å²) in [5, 5.41) is 19.1. The molecule has 0 aliphatic carbocycles. The summed E-state index contributed by atoms with van der Waals surface area (Å²) >= 11 is 0. The standard InChI is InChI=1S/C13H18O3/c1-13(2,16)12(15)9-11(14)8-10-6-4-3-5-7-10/h3-7,11,14,16H,8-9H2,1-2H3. The van der Waals surface area contributed by atoms with Crippen LogP contribution in [0.15, 0.2) is 30.3 Å². The Balaban J connectivity index is 2.49. The van der Waals surface area contributed by atoms with Gasteiger partial charge in [0.25, 0.3) is 0 Å². The van der Waals surface area contributed by atoms with Gasteiger partial charge in [0.1, 0.15) is 5.60 Å². The fourth-order valence-electron chi connectivity index (χ4n) is 1.42. The molecule has 0 heterocycles. The highest BCUT2D eigenvalue weighted by molar-refractivity contribution is 5.86. The first-order valence-corrected chi connectivity index (χ1v) is 5.37. The molecule has 1 rings (SSSR count). The summed E-state index contributed by atoms with van der Waals surface area (Å²) in [6.07, 6.45) is -0.317. The van der Waals surface area contributed by atoms with Crippen LogP contribution in [0.25, 0.3) is 0 Å². The predicted octanol–water partition coefficient (Wildman–Crippen LogP) is 1.32. The zero-order chi connectivity index (χ0) is 12.2. The normalized spacial score (nSPS) is 13.5. The number of carbonyl (C=O) groups is 1. The van der Waals surface area contributed by atoms with E-state index in [1.807, 2.05) is 30.3 Å². The van der Waals surface area contributed by atoms with Crippen LogP contribution in [0.1, 0.15) is 25.8 Å². The quantitative estimate of drug-likeness (QED) is 0.790. The van der Waals surface area contributed by atoms with E-state index in [1.54, 1.807) is 0 Å². The van der Waals surface area contributed by atoms with Crippen molar-refractivity contribution in [2.24, 2.45) is 0 Å². The third-order valence-electron chi connectivity index (χ3n) is 2.42. The van der Waals surface area contributed by atoms with E-state index >= 15 is 0 Å². The topological polar surface area (TPSA) is 57.5 Å². The molecule has 0 aromatic heterocycles. The van der Waals surface area contributed by atoms with E-state index in [0.29, 0.717) is 6.42 Å². The van der Waals surface area contributed by atoms with Gasteiger partial charge in [0, 0.05) is 6.42 Å². The highest BCUT2D eigenvalue weighted by Gasteiger charge is 2.25. The number of hydrogen-bond acceptors (Lipinski definition) is 3. The molecule has 0 radical (unpaired) electrons. The molecule has 0 spiro atoms. The minimum Gasteiger partial charge on any atom is -0.392 e. The van der Waals surface area contributed by atoms with Crippen LogP contribution in [-0.2, 0) is 11.2 Å². The lowest BCUT2D eigenvalue weighted by Crippen LogP contribution is -2.34. The third kappa shape index (κ3) is 4.13. The van der Waals surface area contributed by atoms with Crippen molar-refractivity contribution in [2.45, 2.75) is 38.4 Å². The summed E-state index contributed by atoms with van der Waals surface area (Å²) in [5.74, 6) is -0.337. The van der Waals surface area contributed by atoms with Crippen LogP contribution in [-0.4, -0.2) is 27.7 Å². The van der Waals surface area contributed by atoms with Crippen molar-refractivity contribution in [3.05, 3.63) is 35.9 Å². The molecule has 3 nitrogen and oxygen atoms in total. The maximum absolute atomic E-state index is 11.5. The van der Waals surface area contributed by atoms with Gasteiger partial charge in [0.15, 0.2) is 5.78 Å². The molecule has 0 fully saturated rings. The molecule has 1 aromatic rings. The van der Waals surface area contributed by atoms with Gasteiger partial charge in [-0.05, 0) is 25.8 Å². The highest BCUT2D eigenvalue weighted by Crippen LogP contribution is 2.11. The first kappa shape index (κ1) is 12.9. The summed E-state index contributed by atoms with van der Waals surface area (Å²) in [4.78, 5) is 11.5. The summed E-state index contributed by atoms with van der Waals surface area (Å²) in [6.45, 7) is 2.87. The monoisotopic (exact) mass is 222 g/mol. The van der Waals surface area contributed by atoms with Crippen LogP contribution in [0.5, 0.6) is 0 Å². The predicted molar refractivity (Wildman–Crippen MR) is 62.1 cm³/mol. The summed E-state index contributed by atoms with van der Waals surface area (Å²) in [5.41, 5.74) is -0.379. The van der Waals surface area contributed by atoms with Crippen LogP contribution in [0.2, 0.25) is 0 Å². The van der Waals surface area contributed by atoms with Gasteiger partial charge >= 0.3 is 0 Å². The SMILES string of the molecule is CC(C)(O)C(=O)CC(O)Cc1ccccc1. The van der Waals surface area contributed by atoms with Gasteiger partial charge in [0.05, 0.1) is 6.10 Å². The molecule has 3 heteroatoms. The van der Waals surface area contributed by atoms with Crippen molar-refractivity contribution in [3.8, 4) is 0 Å². The minimum absolute atomic E-state index is 0.0155. The fourth-order valence-corrected chi connectivity index (χ4v) is 1.42. The molecule has 0 saturated carbocycles. The Morgan fingerprint density at radius 3 is 2.38 bits per heavy atom. The summed E-state index contributed by atoms with van der Waals surface area (Å²) < 4.78 is 0. The van der Waals surface area contributed by atoms with Gasteiger partial charge in [-0.15, -0.1) is 0 Å². The zero-order valence-corrected chi connectivity index (χ0v) is 9.68. The molecule has 0 saturated heterocycles. The Hall–Kier alpha value is -1.19. The molecule has 2 N–H and O–H groups in total. The molecular formula is C13H18O3. The average molecular weight is 222 g/mol. The Kier molecular flexibility index (Phi) is 4.21. The van der Waals surface area contributed by atoms with Crippen LogP contribution >= 0.6 is 0 Å². The van der Waals surface area contributed by atoms with Gasteiger partial charge in [-0.2, -0.15) is 0 Å². The average Bonchev–Trinajstić information content (AvgIpc) is 2.17. The van der Waals surface area contributed by atoms with Crippen molar-refractivity contribution in [1.29, 1.82) is 0 Å². The molecule has 1 aromatic carbocycles. The first-order chi connectivity index (χ1) is 7.39. The Labute approximate surface area is 95.7 Å². The van der Waals surface area contributed by atoms with E-state index in [-0.39, 0.29) is 12.2 Å². The fraction of sp³-hybridized carbons (Fsp3) is 0.462. The molecular weight excluding hydrogens is 204 g/mol. The van der Waals surface area contributed by atoms with Gasteiger partial charge in [0.2, 0.25) is 0 Å². The van der Waals surface area contributed by atoms with Crippen molar-refractivity contribution in [3.63, 3.8) is 0 Å².